The van der Waals surface area contributed by atoms with E-state index in [2.05, 4.69) is 26.5 Å². The number of carbonyl (C=O) groups is 1. The monoisotopic (exact) mass is 376 g/mol. The first kappa shape index (κ1) is 15.2. The van der Waals surface area contributed by atoms with E-state index >= 15 is 0 Å². The number of hydrazone groups is 1. The van der Waals surface area contributed by atoms with Gasteiger partial charge in [-0.15, -0.1) is 0 Å². The zero-order valence-electron chi connectivity index (χ0n) is 13.0. The molecule has 4 nitrogen and oxygen atoms in total. The molecule has 4 aliphatic carbocycles. The molecular formula is C18H21BrN2O2. The maximum atomic E-state index is 12.7. The van der Waals surface area contributed by atoms with Gasteiger partial charge in [-0.05, 0) is 74.5 Å². The lowest BCUT2D eigenvalue weighted by molar-refractivity contribution is -0.146. The molecule has 4 saturated carbocycles. The summed E-state index contributed by atoms with van der Waals surface area (Å²) in [5, 5.41) is 13.9. The molecular weight excluding hydrogens is 356 g/mol. The van der Waals surface area contributed by atoms with Crippen LogP contribution in [0.25, 0.3) is 0 Å². The van der Waals surface area contributed by atoms with Gasteiger partial charge >= 0.3 is 0 Å². The van der Waals surface area contributed by atoms with Gasteiger partial charge in [0.2, 0.25) is 5.91 Å². The molecule has 0 aliphatic heterocycles. The first-order valence-corrected chi connectivity index (χ1v) is 9.15. The number of carbonyl (C=O) groups excluding carboxylic acids is 1. The third-order valence-electron chi connectivity index (χ3n) is 5.88. The predicted octanol–water partition coefficient (Wildman–Crippen LogP) is 3.82. The summed E-state index contributed by atoms with van der Waals surface area (Å²) in [5.41, 5.74) is 3.14. The first-order valence-electron chi connectivity index (χ1n) is 8.36. The number of benzene rings is 1. The molecule has 5 rings (SSSR count). The van der Waals surface area contributed by atoms with E-state index in [0.717, 1.165) is 41.5 Å². The predicted molar refractivity (Wildman–Crippen MR) is 92.1 cm³/mol. The van der Waals surface area contributed by atoms with Gasteiger partial charge in [0.15, 0.2) is 0 Å². The van der Waals surface area contributed by atoms with E-state index in [9.17, 15) is 9.90 Å². The van der Waals surface area contributed by atoms with E-state index in [1.54, 1.807) is 18.2 Å². The van der Waals surface area contributed by atoms with E-state index in [1.165, 1.54) is 25.5 Å². The standard InChI is InChI=1S/C18H21BrN2O2/c19-15-1-2-16(22)14(6-15)10-20-21-17(23)18-7-11-3-12(8-18)5-13(4-11)9-18/h1-2,6,10-13,22H,3-5,7-9H2,(H,21,23)/b20-10-. The molecule has 0 heterocycles. The largest absolute Gasteiger partial charge is 0.507 e. The molecule has 4 aliphatic rings. The average Bonchev–Trinajstić information content (AvgIpc) is 2.49. The van der Waals surface area contributed by atoms with Gasteiger partial charge in [0.1, 0.15) is 5.75 Å². The topological polar surface area (TPSA) is 61.7 Å². The highest BCUT2D eigenvalue weighted by Crippen LogP contribution is 2.60. The fourth-order valence-electron chi connectivity index (χ4n) is 5.30. The van der Waals surface area contributed by atoms with Crippen LogP contribution >= 0.6 is 15.9 Å². The molecule has 122 valence electrons. The molecule has 4 bridgehead atoms. The van der Waals surface area contributed by atoms with Crippen LogP contribution < -0.4 is 5.43 Å². The van der Waals surface area contributed by atoms with E-state index < -0.39 is 0 Å². The van der Waals surface area contributed by atoms with E-state index in [0.29, 0.717) is 5.56 Å². The van der Waals surface area contributed by atoms with Crippen molar-refractivity contribution in [3.63, 3.8) is 0 Å². The van der Waals surface area contributed by atoms with Gasteiger partial charge in [0.05, 0.1) is 11.6 Å². The van der Waals surface area contributed by atoms with Crippen molar-refractivity contribution in [3.05, 3.63) is 28.2 Å². The molecule has 4 fully saturated rings. The molecule has 0 saturated heterocycles. The fourth-order valence-corrected chi connectivity index (χ4v) is 5.68. The van der Waals surface area contributed by atoms with Crippen molar-refractivity contribution >= 4 is 28.1 Å². The molecule has 0 radical (unpaired) electrons. The van der Waals surface area contributed by atoms with Crippen LogP contribution in [0.1, 0.15) is 44.1 Å². The Balaban J connectivity index is 1.46. The molecule has 2 N–H and O–H groups in total. The Morgan fingerprint density at radius 3 is 2.43 bits per heavy atom. The molecule has 1 aromatic rings. The highest BCUT2D eigenvalue weighted by molar-refractivity contribution is 9.10. The van der Waals surface area contributed by atoms with Crippen LogP contribution in [-0.4, -0.2) is 17.2 Å². The zero-order valence-corrected chi connectivity index (χ0v) is 14.6. The van der Waals surface area contributed by atoms with E-state index in [4.69, 9.17) is 0 Å². The SMILES string of the molecule is O=C(N/N=C\c1cc(Br)ccc1O)C12CC3CC(CC(C3)C1)C2. The van der Waals surface area contributed by atoms with Gasteiger partial charge < -0.3 is 5.11 Å². The minimum absolute atomic E-state index is 0.0716. The Kier molecular flexibility index (Phi) is 3.71. The van der Waals surface area contributed by atoms with Gasteiger partial charge in [0, 0.05) is 10.0 Å². The summed E-state index contributed by atoms with van der Waals surface area (Å²) < 4.78 is 0.865. The van der Waals surface area contributed by atoms with Gasteiger partial charge in [-0.3, -0.25) is 4.79 Å². The number of phenols is 1. The van der Waals surface area contributed by atoms with Crippen LogP contribution in [0.3, 0.4) is 0 Å². The fraction of sp³-hybridized carbons (Fsp3) is 0.556. The van der Waals surface area contributed by atoms with E-state index in [-0.39, 0.29) is 17.1 Å². The van der Waals surface area contributed by atoms with Gasteiger partial charge in [-0.1, -0.05) is 15.9 Å². The van der Waals surface area contributed by atoms with Crippen molar-refractivity contribution in [2.24, 2.45) is 28.3 Å². The van der Waals surface area contributed by atoms with Crippen LogP contribution in [0.15, 0.2) is 27.8 Å². The maximum Gasteiger partial charge on any atom is 0.246 e. The van der Waals surface area contributed by atoms with Crippen molar-refractivity contribution < 1.29 is 9.90 Å². The molecule has 1 amide bonds. The number of hydrogen-bond donors (Lipinski definition) is 2. The number of phenolic OH excluding ortho intramolecular Hbond substituents is 1. The molecule has 0 atom stereocenters. The quantitative estimate of drug-likeness (QED) is 0.622. The van der Waals surface area contributed by atoms with Crippen LogP contribution in [0.4, 0.5) is 0 Å². The maximum absolute atomic E-state index is 12.7. The molecule has 0 aromatic heterocycles. The summed E-state index contributed by atoms with van der Waals surface area (Å²) >= 11 is 3.36. The Bertz CT molecular complexity index is 636. The zero-order chi connectivity index (χ0) is 16.0. The molecule has 0 spiro atoms. The number of aromatic hydroxyl groups is 1. The van der Waals surface area contributed by atoms with Crippen molar-refractivity contribution in [1.29, 1.82) is 0 Å². The lowest BCUT2D eigenvalue weighted by atomic mass is 9.49. The molecule has 1 aromatic carbocycles. The summed E-state index contributed by atoms with van der Waals surface area (Å²) in [4.78, 5) is 12.7. The van der Waals surface area contributed by atoms with Crippen LogP contribution in [0.2, 0.25) is 0 Å². The van der Waals surface area contributed by atoms with Crippen LogP contribution in [-0.2, 0) is 4.79 Å². The Morgan fingerprint density at radius 2 is 1.83 bits per heavy atom. The van der Waals surface area contributed by atoms with Crippen LogP contribution in [0.5, 0.6) is 5.75 Å². The van der Waals surface area contributed by atoms with Crippen molar-refractivity contribution in [2.75, 3.05) is 0 Å². The lowest BCUT2D eigenvalue weighted by Gasteiger charge is -2.55. The third-order valence-corrected chi connectivity index (χ3v) is 6.37. The highest BCUT2D eigenvalue weighted by Gasteiger charge is 2.54. The second-order valence-electron chi connectivity index (χ2n) is 7.60. The molecule has 23 heavy (non-hydrogen) atoms. The molecule has 0 unspecified atom stereocenters. The van der Waals surface area contributed by atoms with Crippen LogP contribution in [0, 0.1) is 23.2 Å². The summed E-state index contributed by atoms with van der Waals surface area (Å²) in [6.45, 7) is 0. The second kappa shape index (κ2) is 5.62. The highest BCUT2D eigenvalue weighted by atomic mass is 79.9. The number of halogens is 1. The minimum atomic E-state index is -0.189. The summed E-state index contributed by atoms with van der Waals surface area (Å²) in [6.07, 6.45) is 8.57. The number of nitrogens with zero attached hydrogens (tertiary/aromatic N) is 1. The summed E-state index contributed by atoms with van der Waals surface area (Å²) in [7, 11) is 0. The minimum Gasteiger partial charge on any atom is -0.507 e. The number of rotatable bonds is 3. The Labute approximate surface area is 144 Å². The number of nitrogens with one attached hydrogen (secondary N) is 1. The Morgan fingerprint density at radius 1 is 1.22 bits per heavy atom. The van der Waals surface area contributed by atoms with Gasteiger partial charge in [-0.2, -0.15) is 5.10 Å². The smallest absolute Gasteiger partial charge is 0.246 e. The lowest BCUT2D eigenvalue weighted by Crippen LogP contribution is -2.52. The third kappa shape index (κ3) is 2.80. The number of amides is 1. The van der Waals surface area contributed by atoms with Gasteiger partial charge in [-0.25, -0.2) is 5.43 Å². The second-order valence-corrected chi connectivity index (χ2v) is 8.52. The van der Waals surface area contributed by atoms with Crippen molar-refractivity contribution in [3.8, 4) is 5.75 Å². The van der Waals surface area contributed by atoms with Crippen molar-refractivity contribution in [2.45, 2.75) is 38.5 Å². The average molecular weight is 377 g/mol. The normalized spacial score (nSPS) is 34.9. The summed E-state index contributed by atoms with van der Waals surface area (Å²) in [5.74, 6) is 2.45. The Hall–Kier alpha value is -1.36. The van der Waals surface area contributed by atoms with E-state index in [1.807, 2.05) is 0 Å². The first-order chi connectivity index (χ1) is 11.0. The summed E-state index contributed by atoms with van der Waals surface area (Å²) in [6, 6.07) is 5.14. The van der Waals surface area contributed by atoms with Crippen molar-refractivity contribution in [1.82, 2.24) is 5.43 Å². The molecule has 5 heteroatoms. The van der Waals surface area contributed by atoms with Gasteiger partial charge in [0.25, 0.3) is 0 Å². The number of hydrogen-bond acceptors (Lipinski definition) is 3.